The van der Waals surface area contributed by atoms with E-state index in [-0.39, 0.29) is 36.5 Å². The monoisotopic (exact) mass is 764 g/mol. The van der Waals surface area contributed by atoms with Gasteiger partial charge in [0.05, 0.1) is 13.2 Å². The zero-order chi connectivity index (χ0) is 39.3. The largest absolute Gasteiger partial charge is 0.466 e. The molecule has 1 aliphatic rings. The lowest BCUT2D eigenvalue weighted by Crippen LogP contribution is -2.35. The highest BCUT2D eigenvalue weighted by atomic mass is 16.5. The van der Waals surface area contributed by atoms with Gasteiger partial charge in [-0.05, 0) is 83.8 Å². The lowest BCUT2D eigenvalue weighted by Gasteiger charge is -2.23. The van der Waals surface area contributed by atoms with E-state index in [2.05, 4.69) is 31.0 Å². The molecule has 0 aromatic heterocycles. The first-order valence-electron chi connectivity index (χ1n) is 23.1. The van der Waals surface area contributed by atoms with Crippen LogP contribution in [0.15, 0.2) is 0 Å². The summed E-state index contributed by atoms with van der Waals surface area (Å²) in [5.41, 5.74) is 0. The van der Waals surface area contributed by atoms with Crippen molar-refractivity contribution in [3.05, 3.63) is 0 Å². The Morgan fingerprint density at radius 3 is 1.56 bits per heavy atom. The van der Waals surface area contributed by atoms with Crippen LogP contribution >= 0.6 is 0 Å². The van der Waals surface area contributed by atoms with Crippen molar-refractivity contribution in [1.29, 1.82) is 0 Å². The van der Waals surface area contributed by atoms with Gasteiger partial charge in [0, 0.05) is 19.4 Å². The standard InChI is InChI=1S/C45H85N3O6/c1-4-7-10-13-14-22-29-39-53-43(50)33-25-18-15-20-27-35-47(37-30-38-48-42(49)40-46-45(48)52)36-28-21-16-19-26-34-44(51)54-41(31-23-12-9-6-3)32-24-17-11-8-5-2/h41H,4-40H2,1-3H3,(H,46,52). The second-order valence-electron chi connectivity index (χ2n) is 15.9. The van der Waals surface area contributed by atoms with E-state index < -0.39 is 0 Å². The van der Waals surface area contributed by atoms with Gasteiger partial charge in [-0.2, -0.15) is 0 Å². The van der Waals surface area contributed by atoms with Gasteiger partial charge < -0.3 is 19.7 Å². The third-order valence-corrected chi connectivity index (χ3v) is 10.8. The molecule has 1 atom stereocenters. The SMILES string of the molecule is CCCCCCCCCOC(=O)CCCCCCCN(CCCCCCCC(=O)OC(CCCCCC)CCCCCCC)CCCN1C(=O)CNC1=O. The van der Waals surface area contributed by atoms with Gasteiger partial charge in [-0.15, -0.1) is 0 Å². The van der Waals surface area contributed by atoms with Gasteiger partial charge in [0.25, 0.3) is 0 Å². The van der Waals surface area contributed by atoms with Crippen molar-refractivity contribution >= 4 is 23.9 Å². The summed E-state index contributed by atoms with van der Waals surface area (Å²) in [6.45, 7) is 10.7. The van der Waals surface area contributed by atoms with E-state index in [1.54, 1.807) is 0 Å². The second kappa shape index (κ2) is 36.5. The van der Waals surface area contributed by atoms with E-state index in [1.807, 2.05) is 0 Å². The fraction of sp³-hybridized carbons (Fsp3) is 0.911. The van der Waals surface area contributed by atoms with Crippen LogP contribution < -0.4 is 5.32 Å². The maximum absolute atomic E-state index is 12.7. The molecule has 3 amide bonds. The van der Waals surface area contributed by atoms with Crippen LogP contribution in [0.4, 0.5) is 4.79 Å². The molecule has 1 fully saturated rings. The molecule has 9 heteroatoms. The van der Waals surface area contributed by atoms with Gasteiger partial charge in [0.2, 0.25) is 5.91 Å². The fourth-order valence-electron chi connectivity index (χ4n) is 7.34. The molecular formula is C45H85N3O6. The van der Waals surface area contributed by atoms with Crippen molar-refractivity contribution in [2.45, 2.75) is 226 Å². The number of carbonyl (C=O) groups is 4. The van der Waals surface area contributed by atoms with Gasteiger partial charge >= 0.3 is 18.0 Å². The van der Waals surface area contributed by atoms with Gasteiger partial charge in [-0.1, -0.05) is 143 Å². The number of unbranched alkanes of at least 4 members (excludes halogenated alkanes) is 21. The first kappa shape index (κ1) is 49.9. The van der Waals surface area contributed by atoms with E-state index in [4.69, 9.17) is 9.47 Å². The van der Waals surface area contributed by atoms with Crippen molar-refractivity contribution in [1.82, 2.24) is 15.1 Å². The van der Waals surface area contributed by atoms with Gasteiger partial charge in [-0.25, -0.2) is 4.79 Å². The number of nitrogens with zero attached hydrogens (tertiary/aromatic N) is 2. The minimum Gasteiger partial charge on any atom is -0.466 e. The van der Waals surface area contributed by atoms with Crippen LogP contribution in [-0.2, 0) is 23.9 Å². The Labute approximate surface area is 332 Å². The Kier molecular flexibility index (Phi) is 33.7. The normalized spacial score (nSPS) is 13.5. The molecule has 9 nitrogen and oxygen atoms in total. The molecule has 0 spiro atoms. The molecule has 0 aromatic rings. The summed E-state index contributed by atoms with van der Waals surface area (Å²) in [4.78, 5) is 52.6. The number of carbonyl (C=O) groups excluding carboxylic acids is 4. The first-order chi connectivity index (χ1) is 26.4. The average molecular weight is 764 g/mol. The van der Waals surface area contributed by atoms with E-state index in [9.17, 15) is 19.2 Å². The molecular weight excluding hydrogens is 679 g/mol. The Bertz CT molecular complexity index is 915. The van der Waals surface area contributed by atoms with E-state index in [0.717, 1.165) is 129 Å². The zero-order valence-corrected chi connectivity index (χ0v) is 35.6. The maximum Gasteiger partial charge on any atom is 0.324 e. The van der Waals surface area contributed by atoms with Crippen molar-refractivity contribution in [2.24, 2.45) is 0 Å². The molecule has 0 radical (unpaired) electrons. The third-order valence-electron chi connectivity index (χ3n) is 10.8. The number of urea groups is 1. The van der Waals surface area contributed by atoms with Crippen LogP contribution in [0.25, 0.3) is 0 Å². The first-order valence-corrected chi connectivity index (χ1v) is 23.1. The summed E-state index contributed by atoms with van der Waals surface area (Å²) >= 11 is 0. The summed E-state index contributed by atoms with van der Waals surface area (Å²) in [5.74, 6) is -0.205. The number of rotatable bonds is 40. The summed E-state index contributed by atoms with van der Waals surface area (Å²) in [6.07, 6.45) is 34.1. The molecule has 0 bridgehead atoms. The molecule has 1 heterocycles. The number of amides is 3. The van der Waals surface area contributed by atoms with Gasteiger partial charge in [0.15, 0.2) is 0 Å². The number of hydrogen-bond acceptors (Lipinski definition) is 7. The molecule has 1 unspecified atom stereocenters. The van der Waals surface area contributed by atoms with Crippen LogP contribution in [-0.4, -0.2) is 79.1 Å². The molecule has 1 N–H and O–H groups in total. The van der Waals surface area contributed by atoms with Crippen LogP contribution in [0.5, 0.6) is 0 Å². The number of esters is 2. The number of nitrogens with one attached hydrogen (secondary N) is 1. The minimum absolute atomic E-state index is 0.0147. The summed E-state index contributed by atoms with van der Waals surface area (Å²) < 4.78 is 11.4. The van der Waals surface area contributed by atoms with Crippen LogP contribution in [0.2, 0.25) is 0 Å². The molecule has 1 aliphatic heterocycles. The Morgan fingerprint density at radius 2 is 1.02 bits per heavy atom. The second-order valence-corrected chi connectivity index (χ2v) is 15.9. The lowest BCUT2D eigenvalue weighted by molar-refractivity contribution is -0.150. The number of hydrogen-bond donors (Lipinski definition) is 1. The van der Waals surface area contributed by atoms with E-state index >= 15 is 0 Å². The highest BCUT2D eigenvalue weighted by molar-refractivity contribution is 6.01. The molecule has 1 saturated heterocycles. The molecule has 1 rings (SSSR count). The smallest absolute Gasteiger partial charge is 0.324 e. The number of ether oxygens (including phenoxy) is 2. The van der Waals surface area contributed by atoms with Crippen molar-refractivity contribution in [3.63, 3.8) is 0 Å². The topological polar surface area (TPSA) is 105 Å². The summed E-state index contributed by atoms with van der Waals surface area (Å²) in [7, 11) is 0. The minimum atomic E-state index is -0.276. The van der Waals surface area contributed by atoms with Crippen molar-refractivity contribution < 1.29 is 28.7 Å². The maximum atomic E-state index is 12.7. The van der Waals surface area contributed by atoms with E-state index in [1.165, 1.54) is 81.9 Å². The molecule has 54 heavy (non-hydrogen) atoms. The van der Waals surface area contributed by atoms with Gasteiger partial charge in [-0.3, -0.25) is 19.3 Å². The van der Waals surface area contributed by atoms with Crippen molar-refractivity contribution in [3.8, 4) is 0 Å². The molecule has 316 valence electrons. The quantitative estimate of drug-likeness (QED) is 0.0376. The fourth-order valence-corrected chi connectivity index (χ4v) is 7.34. The van der Waals surface area contributed by atoms with Crippen LogP contribution in [0.1, 0.15) is 220 Å². The van der Waals surface area contributed by atoms with Crippen LogP contribution in [0, 0.1) is 0 Å². The Morgan fingerprint density at radius 1 is 0.574 bits per heavy atom. The van der Waals surface area contributed by atoms with Gasteiger partial charge in [0.1, 0.15) is 6.10 Å². The van der Waals surface area contributed by atoms with Crippen LogP contribution in [0.3, 0.4) is 0 Å². The Hall–Kier alpha value is -2.16. The summed E-state index contributed by atoms with van der Waals surface area (Å²) in [6, 6.07) is -0.276. The highest BCUT2D eigenvalue weighted by Crippen LogP contribution is 2.18. The molecule has 0 aliphatic carbocycles. The molecule has 0 saturated carbocycles. The predicted octanol–water partition coefficient (Wildman–Crippen LogP) is 11.4. The zero-order valence-electron chi connectivity index (χ0n) is 35.6. The van der Waals surface area contributed by atoms with E-state index in [0.29, 0.717) is 26.0 Å². The Balaban J connectivity index is 2.28. The summed E-state index contributed by atoms with van der Waals surface area (Å²) in [5, 5.41) is 2.61. The third kappa shape index (κ3) is 29.2. The predicted molar refractivity (Wildman–Crippen MR) is 223 cm³/mol. The van der Waals surface area contributed by atoms with Crippen molar-refractivity contribution in [2.75, 3.05) is 39.3 Å². The number of imide groups is 1. The average Bonchev–Trinajstić information content (AvgIpc) is 3.48. The molecule has 0 aromatic carbocycles. The lowest BCUT2D eigenvalue weighted by atomic mass is 10.0. The highest BCUT2D eigenvalue weighted by Gasteiger charge is 2.27.